The number of aliphatic hydroxyl groups excluding tert-OH is 1. The van der Waals surface area contributed by atoms with E-state index >= 15 is 0 Å². The number of fused-ring (bicyclic) bond motifs is 3. The summed E-state index contributed by atoms with van der Waals surface area (Å²) < 4.78 is 7.25. The second-order valence-electron chi connectivity index (χ2n) is 10.5. The molecule has 0 radical (unpaired) electrons. The summed E-state index contributed by atoms with van der Waals surface area (Å²) in [5.41, 5.74) is 0.733. The smallest absolute Gasteiger partial charge is 0.235 e. The molecule has 6 heterocycles. The minimum absolute atomic E-state index is 0. The van der Waals surface area contributed by atoms with Gasteiger partial charge in [-0.15, -0.1) is 11.3 Å². The molecule has 2 aromatic heterocycles. The second kappa shape index (κ2) is 10.5. The number of carbonyl (C=O) groups excluding carboxylic acids is 2. The molecule has 0 aromatic carbocycles. The van der Waals surface area contributed by atoms with Gasteiger partial charge >= 0.3 is 0 Å². The van der Waals surface area contributed by atoms with E-state index in [1.807, 2.05) is 18.2 Å². The van der Waals surface area contributed by atoms with Gasteiger partial charge in [-0.3, -0.25) is 19.4 Å². The third kappa shape index (κ3) is 4.37. The molecule has 4 aliphatic heterocycles. The lowest BCUT2D eigenvalue weighted by molar-refractivity contribution is -0.917. The van der Waals surface area contributed by atoms with Crippen LogP contribution in [0.3, 0.4) is 0 Å². The van der Waals surface area contributed by atoms with Gasteiger partial charge in [0, 0.05) is 37.9 Å². The van der Waals surface area contributed by atoms with Crippen molar-refractivity contribution in [1.29, 1.82) is 0 Å². The number of aromatic nitrogens is 1. The highest BCUT2D eigenvalue weighted by Crippen LogP contribution is 2.53. The highest BCUT2D eigenvalue weighted by atomic mass is 79.9. The van der Waals surface area contributed by atoms with Crippen LogP contribution in [0.2, 0.25) is 4.34 Å². The largest absolute Gasteiger partial charge is 1.00 e. The monoisotopic (exact) mass is 598 g/mol. The summed E-state index contributed by atoms with van der Waals surface area (Å²) in [4.78, 5) is 32.0. The van der Waals surface area contributed by atoms with Crippen molar-refractivity contribution < 1.29 is 40.7 Å². The van der Waals surface area contributed by atoms with Crippen LogP contribution in [0, 0.1) is 11.8 Å². The molecule has 11 heteroatoms. The number of nitrogens with zero attached hydrogens (tertiary/aromatic N) is 4. The number of hydrogen-bond donors (Lipinski definition) is 1. The number of hydrogen-bond acceptors (Lipinski definition) is 7. The lowest BCUT2D eigenvalue weighted by Crippen LogP contribution is -3.00. The van der Waals surface area contributed by atoms with Crippen LogP contribution < -0.4 is 17.0 Å². The van der Waals surface area contributed by atoms with Crippen LogP contribution in [0.5, 0.6) is 0 Å². The molecular formula is C25H32BrClN4O4S. The quantitative estimate of drug-likeness (QED) is 0.344. The van der Waals surface area contributed by atoms with E-state index in [0.717, 1.165) is 67.0 Å². The summed E-state index contributed by atoms with van der Waals surface area (Å²) in [7, 11) is 0. The normalized spacial score (nSPS) is 29.1. The maximum absolute atomic E-state index is 13.7. The Morgan fingerprint density at radius 2 is 1.92 bits per heavy atom. The van der Waals surface area contributed by atoms with Gasteiger partial charge in [0.25, 0.3) is 0 Å². The Morgan fingerprint density at radius 3 is 2.64 bits per heavy atom. The van der Waals surface area contributed by atoms with Gasteiger partial charge in [0.15, 0.2) is 5.76 Å². The number of quaternary nitrogens is 1. The third-order valence-electron chi connectivity index (χ3n) is 8.69. The van der Waals surface area contributed by atoms with Gasteiger partial charge in [0.2, 0.25) is 11.8 Å². The van der Waals surface area contributed by atoms with Crippen molar-refractivity contribution in [2.24, 2.45) is 11.8 Å². The van der Waals surface area contributed by atoms with E-state index in [2.05, 4.69) is 10.1 Å². The molecular weight excluding hydrogens is 568 g/mol. The average molecular weight is 600 g/mol. The van der Waals surface area contributed by atoms with Crippen LogP contribution >= 0.6 is 22.9 Å². The first-order valence-electron chi connectivity index (χ1n) is 12.8. The zero-order valence-electron chi connectivity index (χ0n) is 20.2. The maximum atomic E-state index is 13.7. The molecule has 4 aliphatic rings. The fourth-order valence-electron chi connectivity index (χ4n) is 7.17. The van der Waals surface area contributed by atoms with E-state index in [-0.39, 0.29) is 53.4 Å². The predicted molar refractivity (Wildman–Crippen MR) is 132 cm³/mol. The molecule has 2 aromatic rings. The molecule has 196 valence electrons. The number of imide groups is 1. The minimum Gasteiger partial charge on any atom is -1.00 e. The van der Waals surface area contributed by atoms with Crippen molar-refractivity contribution in [1.82, 2.24) is 15.0 Å². The maximum Gasteiger partial charge on any atom is 0.235 e. The summed E-state index contributed by atoms with van der Waals surface area (Å²) in [6.45, 7) is 5.35. The van der Waals surface area contributed by atoms with Gasteiger partial charge in [0.1, 0.15) is 12.2 Å². The molecule has 1 N–H and O–H groups in total. The molecule has 4 fully saturated rings. The number of halogens is 2. The highest BCUT2D eigenvalue weighted by Gasteiger charge is 2.63. The molecule has 4 saturated heterocycles. The van der Waals surface area contributed by atoms with Crippen LogP contribution in [0.25, 0.3) is 10.6 Å². The molecule has 0 bridgehead atoms. The molecule has 2 amide bonds. The Labute approximate surface area is 230 Å². The van der Waals surface area contributed by atoms with Gasteiger partial charge in [-0.05, 0) is 31.5 Å². The van der Waals surface area contributed by atoms with E-state index in [9.17, 15) is 14.7 Å². The Bertz CT molecular complexity index is 1120. The van der Waals surface area contributed by atoms with Crippen LogP contribution in [0.15, 0.2) is 22.7 Å². The number of carbonyl (C=O) groups is 2. The van der Waals surface area contributed by atoms with Crippen molar-refractivity contribution in [2.45, 2.75) is 44.2 Å². The van der Waals surface area contributed by atoms with Gasteiger partial charge in [-0.25, -0.2) is 0 Å². The minimum atomic E-state index is -0.398. The molecule has 8 nitrogen and oxygen atoms in total. The Kier molecular flexibility index (Phi) is 7.64. The van der Waals surface area contributed by atoms with Crippen LogP contribution in [0.1, 0.15) is 43.8 Å². The van der Waals surface area contributed by atoms with E-state index in [4.69, 9.17) is 16.1 Å². The number of likely N-dealkylation sites (tertiary alicyclic amines) is 2. The molecule has 36 heavy (non-hydrogen) atoms. The number of rotatable bonds is 8. The first-order valence-corrected chi connectivity index (χ1v) is 14.0. The molecule has 6 rings (SSSR count). The lowest BCUT2D eigenvalue weighted by atomic mass is 9.86. The molecule has 0 unspecified atom stereocenters. The van der Waals surface area contributed by atoms with Crippen LogP contribution in [-0.2, 0) is 9.59 Å². The summed E-state index contributed by atoms with van der Waals surface area (Å²) in [5.74, 6) is -0.112. The summed E-state index contributed by atoms with van der Waals surface area (Å²) in [5, 5.41) is 13.9. The first-order chi connectivity index (χ1) is 17.0. The standard InChI is InChI=1S/C25H32ClN4O4S.BrH/c26-20-7-6-19(35-20)18-15-16(27-34-18)23-22-21(17-5-3-8-28(17)23)24(32)29(25(22)33)9-4-12-30(13-14-31)10-1-2-11-30;/h6-7,15,17,21-23,31H,1-5,8-14H2;1H/q+1;/p-1/t17-,21-,22-,23-;/m0./s1. The van der Waals surface area contributed by atoms with Crippen LogP contribution in [-0.4, -0.2) is 88.3 Å². The number of thiophene rings is 1. The Hall–Kier alpha value is -1.30. The SMILES string of the molecule is O=C1[C@@H]2[C@H](C(=O)N1CCC[N+]1(CCO)CCCC1)[C@H](c1cc(-c3ccc(Cl)s3)on1)N1CCC[C@@H]21.[Br-]. The fraction of sp³-hybridized carbons (Fsp3) is 0.640. The van der Waals surface area contributed by atoms with E-state index in [0.29, 0.717) is 16.6 Å². The predicted octanol–water partition coefficient (Wildman–Crippen LogP) is 0.174. The fourth-order valence-corrected chi connectivity index (χ4v) is 8.16. The number of amides is 2. The topological polar surface area (TPSA) is 86.9 Å². The summed E-state index contributed by atoms with van der Waals surface area (Å²) in [6.07, 6.45) is 5.11. The van der Waals surface area contributed by atoms with Gasteiger partial charge < -0.3 is 31.1 Å². The van der Waals surface area contributed by atoms with Gasteiger partial charge in [0.05, 0.1) is 53.3 Å². The molecule has 4 atom stereocenters. The second-order valence-corrected chi connectivity index (χ2v) is 12.2. The van der Waals surface area contributed by atoms with E-state index in [1.54, 1.807) is 0 Å². The summed E-state index contributed by atoms with van der Waals surface area (Å²) >= 11 is 7.53. The molecule has 0 saturated carbocycles. The van der Waals surface area contributed by atoms with Gasteiger partial charge in [-0.1, -0.05) is 16.8 Å². The average Bonchev–Trinajstić information content (AvgIpc) is 3.65. The zero-order valence-corrected chi connectivity index (χ0v) is 23.3. The van der Waals surface area contributed by atoms with Crippen molar-refractivity contribution >= 4 is 34.8 Å². The third-order valence-corrected chi connectivity index (χ3v) is 9.94. The number of aliphatic hydroxyl groups is 1. The lowest BCUT2D eigenvalue weighted by Gasteiger charge is -2.34. The van der Waals surface area contributed by atoms with Gasteiger partial charge in [-0.2, -0.15) is 0 Å². The zero-order chi connectivity index (χ0) is 24.2. The Morgan fingerprint density at radius 1 is 1.14 bits per heavy atom. The molecule has 0 spiro atoms. The Balaban J connectivity index is 0.00000267. The highest BCUT2D eigenvalue weighted by molar-refractivity contribution is 7.19. The first kappa shape index (κ1) is 26.3. The van der Waals surface area contributed by atoms with Crippen molar-refractivity contribution in [3.05, 3.63) is 28.2 Å². The van der Waals surface area contributed by atoms with Crippen LogP contribution in [0.4, 0.5) is 0 Å². The van der Waals surface area contributed by atoms with E-state index in [1.165, 1.54) is 29.1 Å². The van der Waals surface area contributed by atoms with Crippen molar-refractivity contribution in [3.63, 3.8) is 0 Å². The molecule has 0 aliphatic carbocycles. The summed E-state index contributed by atoms with van der Waals surface area (Å²) in [6, 6.07) is 5.52. The van der Waals surface area contributed by atoms with Crippen molar-refractivity contribution in [3.8, 4) is 10.6 Å². The van der Waals surface area contributed by atoms with E-state index < -0.39 is 5.92 Å². The van der Waals surface area contributed by atoms with Crippen molar-refractivity contribution in [2.75, 3.05) is 45.9 Å².